The lowest BCUT2D eigenvalue weighted by atomic mass is 9.96. The molecule has 0 aliphatic heterocycles. The molecule has 0 bridgehead atoms. The number of carbonyl (C=O) groups is 1. The standard InChI is InChI=1S/C17H17ClFNO2/c1-17(22,13-5-7-15(19)8-6-13)11-20-16(21)10-12-3-2-4-14(18)9-12/h2-9,22H,10-11H2,1H3,(H,20,21). The molecule has 0 spiro atoms. The van der Waals surface area contributed by atoms with Crippen molar-refractivity contribution in [1.29, 1.82) is 0 Å². The highest BCUT2D eigenvalue weighted by atomic mass is 35.5. The number of carbonyl (C=O) groups excluding carboxylic acids is 1. The third kappa shape index (κ3) is 4.55. The minimum absolute atomic E-state index is 0.0397. The Morgan fingerprint density at radius 1 is 1.27 bits per heavy atom. The van der Waals surface area contributed by atoms with Crippen LogP contribution in [0, 0.1) is 5.82 Å². The van der Waals surface area contributed by atoms with Gasteiger partial charge in [-0.2, -0.15) is 0 Å². The Hall–Kier alpha value is -1.91. The fraction of sp³-hybridized carbons (Fsp3) is 0.235. The van der Waals surface area contributed by atoms with E-state index in [-0.39, 0.29) is 24.7 Å². The molecule has 2 N–H and O–H groups in total. The SMILES string of the molecule is CC(O)(CNC(=O)Cc1cccc(Cl)c1)c1ccc(F)cc1. The van der Waals surface area contributed by atoms with E-state index in [1.165, 1.54) is 24.3 Å². The van der Waals surface area contributed by atoms with Crippen LogP contribution in [-0.2, 0) is 16.8 Å². The number of hydrogen-bond acceptors (Lipinski definition) is 2. The van der Waals surface area contributed by atoms with Crippen LogP contribution in [0.4, 0.5) is 4.39 Å². The topological polar surface area (TPSA) is 49.3 Å². The summed E-state index contributed by atoms with van der Waals surface area (Å²) in [5.74, 6) is -0.589. The van der Waals surface area contributed by atoms with E-state index in [9.17, 15) is 14.3 Å². The predicted octanol–water partition coefficient (Wildman–Crippen LogP) is 3.05. The second-order valence-corrected chi connectivity index (χ2v) is 5.80. The number of hydrogen-bond donors (Lipinski definition) is 2. The van der Waals surface area contributed by atoms with Crippen LogP contribution < -0.4 is 5.32 Å². The summed E-state index contributed by atoms with van der Waals surface area (Å²) in [4.78, 5) is 11.9. The average Bonchev–Trinajstić information content (AvgIpc) is 2.46. The molecule has 0 fully saturated rings. The molecule has 0 saturated heterocycles. The van der Waals surface area contributed by atoms with Gasteiger partial charge in [0.2, 0.25) is 5.91 Å². The van der Waals surface area contributed by atoms with Gasteiger partial charge in [0.25, 0.3) is 0 Å². The Morgan fingerprint density at radius 3 is 2.59 bits per heavy atom. The quantitative estimate of drug-likeness (QED) is 0.889. The highest BCUT2D eigenvalue weighted by molar-refractivity contribution is 6.30. The molecule has 0 radical (unpaired) electrons. The van der Waals surface area contributed by atoms with Gasteiger partial charge < -0.3 is 10.4 Å². The van der Waals surface area contributed by atoms with Crippen molar-refractivity contribution in [2.75, 3.05) is 6.54 Å². The lowest BCUT2D eigenvalue weighted by Gasteiger charge is -2.24. The molecule has 116 valence electrons. The Morgan fingerprint density at radius 2 is 1.95 bits per heavy atom. The highest BCUT2D eigenvalue weighted by Gasteiger charge is 2.23. The summed E-state index contributed by atoms with van der Waals surface area (Å²) in [5, 5.41) is 13.6. The van der Waals surface area contributed by atoms with E-state index in [0.717, 1.165) is 5.56 Å². The van der Waals surface area contributed by atoms with Gasteiger partial charge >= 0.3 is 0 Å². The first-order valence-electron chi connectivity index (χ1n) is 6.86. The van der Waals surface area contributed by atoms with Crippen molar-refractivity contribution < 1.29 is 14.3 Å². The van der Waals surface area contributed by atoms with E-state index in [4.69, 9.17) is 11.6 Å². The van der Waals surface area contributed by atoms with Crippen LogP contribution in [0.5, 0.6) is 0 Å². The van der Waals surface area contributed by atoms with Crippen molar-refractivity contribution >= 4 is 17.5 Å². The van der Waals surface area contributed by atoms with Crippen LogP contribution in [0.15, 0.2) is 48.5 Å². The number of benzene rings is 2. The van der Waals surface area contributed by atoms with Gasteiger partial charge in [0.05, 0.1) is 13.0 Å². The second kappa shape index (κ2) is 6.90. The molecular weight excluding hydrogens is 305 g/mol. The Bertz CT molecular complexity index is 656. The molecule has 0 aliphatic carbocycles. The Balaban J connectivity index is 1.93. The largest absolute Gasteiger partial charge is 0.384 e. The normalized spacial score (nSPS) is 13.5. The van der Waals surface area contributed by atoms with Crippen LogP contribution in [0.2, 0.25) is 5.02 Å². The number of aliphatic hydroxyl groups is 1. The molecule has 2 aromatic carbocycles. The summed E-state index contributed by atoms with van der Waals surface area (Å²) < 4.78 is 12.9. The first kappa shape index (κ1) is 16.5. The molecule has 1 unspecified atom stereocenters. The summed E-state index contributed by atoms with van der Waals surface area (Å²) in [7, 11) is 0. The van der Waals surface area contributed by atoms with Crippen molar-refractivity contribution in [2.24, 2.45) is 0 Å². The molecule has 2 aromatic rings. The molecule has 5 heteroatoms. The van der Waals surface area contributed by atoms with E-state index in [0.29, 0.717) is 10.6 Å². The van der Waals surface area contributed by atoms with Gasteiger partial charge in [-0.15, -0.1) is 0 Å². The van der Waals surface area contributed by atoms with Crippen molar-refractivity contribution in [1.82, 2.24) is 5.32 Å². The van der Waals surface area contributed by atoms with E-state index >= 15 is 0 Å². The molecule has 22 heavy (non-hydrogen) atoms. The van der Waals surface area contributed by atoms with E-state index in [1.54, 1.807) is 25.1 Å². The third-order valence-corrected chi connectivity index (χ3v) is 3.58. The molecule has 3 nitrogen and oxygen atoms in total. The van der Waals surface area contributed by atoms with Gasteiger partial charge in [0.15, 0.2) is 0 Å². The van der Waals surface area contributed by atoms with E-state index in [2.05, 4.69) is 5.32 Å². The number of halogens is 2. The molecule has 1 atom stereocenters. The highest BCUT2D eigenvalue weighted by Crippen LogP contribution is 2.20. The van der Waals surface area contributed by atoms with Gasteiger partial charge in [-0.25, -0.2) is 4.39 Å². The maximum absolute atomic E-state index is 12.9. The van der Waals surface area contributed by atoms with Crippen molar-refractivity contribution in [3.63, 3.8) is 0 Å². The summed E-state index contributed by atoms with van der Waals surface area (Å²) in [6.07, 6.45) is 0.181. The van der Waals surface area contributed by atoms with E-state index < -0.39 is 5.60 Å². The molecule has 0 aromatic heterocycles. The molecule has 0 saturated carbocycles. The number of nitrogens with one attached hydrogen (secondary N) is 1. The maximum Gasteiger partial charge on any atom is 0.224 e. The Labute approximate surface area is 133 Å². The second-order valence-electron chi connectivity index (χ2n) is 5.36. The predicted molar refractivity (Wildman–Crippen MR) is 84.1 cm³/mol. The zero-order valence-corrected chi connectivity index (χ0v) is 12.9. The fourth-order valence-electron chi connectivity index (χ4n) is 2.08. The molecular formula is C17H17ClFNO2. The zero-order valence-electron chi connectivity index (χ0n) is 12.1. The maximum atomic E-state index is 12.9. The smallest absolute Gasteiger partial charge is 0.224 e. The van der Waals surface area contributed by atoms with Gasteiger partial charge in [0.1, 0.15) is 11.4 Å². The molecule has 1 amide bonds. The summed E-state index contributed by atoms with van der Waals surface area (Å²) in [5.41, 5.74) is 0.0703. The minimum atomic E-state index is -1.27. The van der Waals surface area contributed by atoms with Gasteiger partial charge in [-0.05, 0) is 42.3 Å². The summed E-state index contributed by atoms with van der Waals surface area (Å²) in [6.45, 7) is 1.61. The van der Waals surface area contributed by atoms with Gasteiger partial charge in [-0.3, -0.25) is 4.79 Å². The molecule has 2 rings (SSSR count). The minimum Gasteiger partial charge on any atom is -0.384 e. The van der Waals surface area contributed by atoms with Crippen molar-refractivity contribution in [2.45, 2.75) is 18.9 Å². The lowest BCUT2D eigenvalue weighted by molar-refractivity contribution is -0.121. The fourth-order valence-corrected chi connectivity index (χ4v) is 2.29. The number of amides is 1. The monoisotopic (exact) mass is 321 g/mol. The number of rotatable bonds is 5. The lowest BCUT2D eigenvalue weighted by Crippen LogP contribution is -2.39. The van der Waals surface area contributed by atoms with Gasteiger partial charge in [-0.1, -0.05) is 35.9 Å². The average molecular weight is 322 g/mol. The first-order valence-corrected chi connectivity index (χ1v) is 7.24. The van der Waals surface area contributed by atoms with Crippen molar-refractivity contribution in [3.05, 3.63) is 70.5 Å². The van der Waals surface area contributed by atoms with Gasteiger partial charge in [0, 0.05) is 5.02 Å². The zero-order chi connectivity index (χ0) is 16.2. The van der Waals surface area contributed by atoms with E-state index in [1.807, 2.05) is 6.07 Å². The van der Waals surface area contributed by atoms with Crippen LogP contribution in [0.1, 0.15) is 18.1 Å². The van der Waals surface area contributed by atoms with Crippen molar-refractivity contribution in [3.8, 4) is 0 Å². The summed E-state index contributed by atoms with van der Waals surface area (Å²) >= 11 is 5.87. The van der Waals surface area contributed by atoms with Crippen LogP contribution in [0.3, 0.4) is 0 Å². The van der Waals surface area contributed by atoms with Crippen LogP contribution in [0.25, 0.3) is 0 Å². The van der Waals surface area contributed by atoms with Crippen LogP contribution >= 0.6 is 11.6 Å². The van der Waals surface area contributed by atoms with Crippen LogP contribution in [-0.4, -0.2) is 17.6 Å². The molecule has 0 heterocycles. The Kier molecular flexibility index (Phi) is 5.16. The molecule has 0 aliphatic rings. The third-order valence-electron chi connectivity index (χ3n) is 3.35. The first-order chi connectivity index (χ1) is 10.4. The summed E-state index contributed by atoms with van der Waals surface area (Å²) in [6, 6.07) is 12.6.